The fraction of sp³-hybridized carbons (Fsp3) is 0.0714. The van der Waals surface area contributed by atoms with E-state index in [0.717, 1.165) is 5.56 Å². The number of carboxylic acid groups (broad SMARTS) is 1. The van der Waals surface area contributed by atoms with Crippen LogP contribution in [-0.2, 0) is 6.54 Å². The lowest BCUT2D eigenvalue weighted by atomic mass is 10.1. The smallest absolute Gasteiger partial charge is 0.335 e. The van der Waals surface area contributed by atoms with E-state index in [1.807, 2.05) is 0 Å². The molecule has 0 aliphatic rings. The highest BCUT2D eigenvalue weighted by atomic mass is 16.4. The number of nitrogens with zero attached hydrogens (tertiary/aromatic N) is 1. The molecule has 0 atom stereocenters. The maximum absolute atomic E-state index is 11.6. The lowest BCUT2D eigenvalue weighted by molar-refractivity contribution is 0.0697. The SMILES string of the molecule is O=C(NCc1ccc(C(=O)O)cc1)Nc1ccccn1. The fourth-order valence-corrected chi connectivity index (χ4v) is 1.54. The summed E-state index contributed by atoms with van der Waals surface area (Å²) in [5, 5.41) is 14.0. The molecule has 0 fully saturated rings. The highest BCUT2D eigenvalue weighted by Crippen LogP contribution is 2.04. The molecular weight excluding hydrogens is 258 g/mol. The van der Waals surface area contributed by atoms with Gasteiger partial charge in [-0.1, -0.05) is 18.2 Å². The molecule has 3 N–H and O–H groups in total. The van der Waals surface area contributed by atoms with Crippen molar-refractivity contribution in [3.63, 3.8) is 0 Å². The van der Waals surface area contributed by atoms with Gasteiger partial charge < -0.3 is 10.4 Å². The molecular formula is C14H13N3O3. The Labute approximate surface area is 115 Å². The van der Waals surface area contributed by atoms with Crippen molar-refractivity contribution in [2.75, 3.05) is 5.32 Å². The zero-order valence-electron chi connectivity index (χ0n) is 10.5. The van der Waals surface area contributed by atoms with Gasteiger partial charge in [0.25, 0.3) is 0 Å². The predicted molar refractivity (Wildman–Crippen MR) is 73.5 cm³/mol. The minimum atomic E-state index is -0.975. The molecule has 2 aromatic rings. The van der Waals surface area contributed by atoms with E-state index in [2.05, 4.69) is 15.6 Å². The van der Waals surface area contributed by atoms with Crippen molar-refractivity contribution in [2.24, 2.45) is 0 Å². The Morgan fingerprint density at radius 1 is 1.10 bits per heavy atom. The number of nitrogens with one attached hydrogen (secondary N) is 2. The minimum Gasteiger partial charge on any atom is -0.478 e. The molecule has 20 heavy (non-hydrogen) atoms. The van der Waals surface area contributed by atoms with Crippen molar-refractivity contribution in [3.8, 4) is 0 Å². The van der Waals surface area contributed by atoms with E-state index in [9.17, 15) is 9.59 Å². The molecule has 0 spiro atoms. The van der Waals surface area contributed by atoms with Crippen molar-refractivity contribution in [2.45, 2.75) is 6.54 Å². The molecule has 0 unspecified atom stereocenters. The molecule has 1 aromatic carbocycles. The highest BCUT2D eigenvalue weighted by molar-refractivity contribution is 5.88. The Bertz CT molecular complexity index is 597. The summed E-state index contributed by atoms with van der Waals surface area (Å²) in [6, 6.07) is 11.1. The van der Waals surface area contributed by atoms with E-state index in [0.29, 0.717) is 12.4 Å². The normalized spacial score (nSPS) is 9.80. The number of anilines is 1. The quantitative estimate of drug-likeness (QED) is 0.794. The number of carbonyl (C=O) groups is 2. The number of urea groups is 1. The van der Waals surface area contributed by atoms with Crippen molar-refractivity contribution < 1.29 is 14.7 Å². The molecule has 0 aliphatic carbocycles. The fourth-order valence-electron chi connectivity index (χ4n) is 1.54. The molecule has 2 rings (SSSR count). The van der Waals surface area contributed by atoms with Crippen LogP contribution in [0.15, 0.2) is 48.7 Å². The number of aromatic nitrogens is 1. The Morgan fingerprint density at radius 3 is 2.45 bits per heavy atom. The lowest BCUT2D eigenvalue weighted by Crippen LogP contribution is -2.28. The molecule has 6 nitrogen and oxygen atoms in total. The summed E-state index contributed by atoms with van der Waals surface area (Å²) in [6.45, 7) is 0.304. The minimum absolute atomic E-state index is 0.215. The number of hydrogen-bond donors (Lipinski definition) is 3. The second kappa shape index (κ2) is 6.33. The molecule has 6 heteroatoms. The first kappa shape index (κ1) is 13.5. The summed E-state index contributed by atoms with van der Waals surface area (Å²) >= 11 is 0. The van der Waals surface area contributed by atoms with Gasteiger partial charge in [-0.25, -0.2) is 14.6 Å². The van der Waals surface area contributed by atoms with Crippen LogP contribution in [0.2, 0.25) is 0 Å². The molecule has 102 valence electrons. The van der Waals surface area contributed by atoms with Crippen molar-refractivity contribution in [3.05, 3.63) is 59.8 Å². The second-order valence-corrected chi connectivity index (χ2v) is 4.02. The van der Waals surface area contributed by atoms with E-state index in [1.54, 1.807) is 36.5 Å². The Kier molecular flexibility index (Phi) is 4.28. The average Bonchev–Trinajstić information content (AvgIpc) is 2.46. The molecule has 0 bridgehead atoms. The van der Waals surface area contributed by atoms with Gasteiger partial charge in [0, 0.05) is 12.7 Å². The van der Waals surface area contributed by atoms with Gasteiger partial charge >= 0.3 is 12.0 Å². The zero-order valence-corrected chi connectivity index (χ0v) is 10.5. The van der Waals surface area contributed by atoms with Crippen molar-refractivity contribution in [1.29, 1.82) is 0 Å². The largest absolute Gasteiger partial charge is 0.478 e. The first-order valence-electron chi connectivity index (χ1n) is 5.93. The summed E-state index contributed by atoms with van der Waals surface area (Å²) in [5.41, 5.74) is 1.03. The van der Waals surface area contributed by atoms with Crippen LogP contribution in [0.5, 0.6) is 0 Å². The number of pyridine rings is 1. The lowest BCUT2D eigenvalue weighted by Gasteiger charge is -2.07. The van der Waals surface area contributed by atoms with Crippen LogP contribution >= 0.6 is 0 Å². The van der Waals surface area contributed by atoms with Gasteiger partial charge in [0.2, 0.25) is 0 Å². The first-order valence-corrected chi connectivity index (χ1v) is 5.93. The van der Waals surface area contributed by atoms with E-state index < -0.39 is 5.97 Å². The number of rotatable bonds is 4. The van der Waals surface area contributed by atoms with Crippen LogP contribution in [0.3, 0.4) is 0 Å². The molecule has 0 radical (unpaired) electrons. The van der Waals surface area contributed by atoms with E-state index >= 15 is 0 Å². The Hall–Kier alpha value is -2.89. The third kappa shape index (κ3) is 3.81. The average molecular weight is 271 g/mol. The predicted octanol–water partition coefficient (Wildman–Crippen LogP) is 2.10. The van der Waals surface area contributed by atoms with Crippen LogP contribution in [0, 0.1) is 0 Å². The number of benzene rings is 1. The van der Waals surface area contributed by atoms with Crippen LogP contribution in [-0.4, -0.2) is 22.1 Å². The summed E-state index contributed by atoms with van der Waals surface area (Å²) in [5.74, 6) is -0.511. The van der Waals surface area contributed by atoms with Crippen molar-refractivity contribution >= 4 is 17.8 Å². The van der Waals surface area contributed by atoms with Gasteiger partial charge in [-0.3, -0.25) is 5.32 Å². The van der Waals surface area contributed by atoms with E-state index in [4.69, 9.17) is 5.11 Å². The molecule has 1 aromatic heterocycles. The Balaban J connectivity index is 1.85. The van der Waals surface area contributed by atoms with Crippen LogP contribution in [0.25, 0.3) is 0 Å². The molecule has 0 saturated carbocycles. The summed E-state index contributed by atoms with van der Waals surface area (Å²) in [7, 11) is 0. The standard InChI is InChI=1S/C14H13N3O3/c18-13(19)11-6-4-10(5-7-11)9-16-14(20)17-12-3-1-2-8-15-12/h1-8H,9H2,(H,18,19)(H2,15,16,17,20). The maximum Gasteiger partial charge on any atom is 0.335 e. The van der Waals surface area contributed by atoms with Gasteiger partial charge in [0.15, 0.2) is 0 Å². The maximum atomic E-state index is 11.6. The van der Waals surface area contributed by atoms with Crippen molar-refractivity contribution in [1.82, 2.24) is 10.3 Å². The number of carboxylic acids is 1. The van der Waals surface area contributed by atoms with Gasteiger partial charge in [0.05, 0.1) is 5.56 Å². The summed E-state index contributed by atoms with van der Waals surface area (Å²) in [6.07, 6.45) is 1.58. The third-order valence-corrected chi connectivity index (χ3v) is 2.56. The van der Waals surface area contributed by atoms with Crippen LogP contribution < -0.4 is 10.6 Å². The van der Waals surface area contributed by atoms with Gasteiger partial charge in [-0.05, 0) is 29.8 Å². The second-order valence-electron chi connectivity index (χ2n) is 4.02. The van der Waals surface area contributed by atoms with E-state index in [-0.39, 0.29) is 11.6 Å². The monoisotopic (exact) mass is 271 g/mol. The number of amides is 2. The number of aromatic carboxylic acids is 1. The van der Waals surface area contributed by atoms with E-state index in [1.165, 1.54) is 12.1 Å². The van der Waals surface area contributed by atoms with Crippen LogP contribution in [0.4, 0.5) is 10.6 Å². The highest BCUT2D eigenvalue weighted by Gasteiger charge is 2.04. The van der Waals surface area contributed by atoms with Crippen LogP contribution in [0.1, 0.15) is 15.9 Å². The number of hydrogen-bond acceptors (Lipinski definition) is 3. The molecule has 0 saturated heterocycles. The Morgan fingerprint density at radius 2 is 1.85 bits per heavy atom. The molecule has 1 heterocycles. The zero-order chi connectivity index (χ0) is 14.4. The van der Waals surface area contributed by atoms with Gasteiger partial charge in [-0.2, -0.15) is 0 Å². The summed E-state index contributed by atoms with van der Waals surface area (Å²) < 4.78 is 0. The topological polar surface area (TPSA) is 91.3 Å². The third-order valence-electron chi connectivity index (χ3n) is 2.56. The molecule has 2 amide bonds. The van der Waals surface area contributed by atoms with Gasteiger partial charge in [-0.15, -0.1) is 0 Å². The summed E-state index contributed by atoms with van der Waals surface area (Å²) in [4.78, 5) is 26.3. The first-order chi connectivity index (χ1) is 9.65. The van der Waals surface area contributed by atoms with Gasteiger partial charge in [0.1, 0.15) is 5.82 Å². The molecule has 0 aliphatic heterocycles. The number of carbonyl (C=O) groups excluding carboxylic acids is 1.